The topological polar surface area (TPSA) is 41.5 Å². The third-order valence-electron chi connectivity index (χ3n) is 1.61. The van der Waals surface area contributed by atoms with E-state index in [9.17, 15) is 5.11 Å². The summed E-state index contributed by atoms with van der Waals surface area (Å²) in [6.07, 6.45) is -0.268. The van der Waals surface area contributed by atoms with Crippen LogP contribution in [0.1, 0.15) is 20.8 Å². The maximum atomic E-state index is 9.59. The van der Waals surface area contributed by atoms with Crippen molar-refractivity contribution >= 4 is 11.8 Å². The van der Waals surface area contributed by atoms with Crippen LogP contribution >= 0.6 is 11.8 Å². The molecule has 0 spiro atoms. The summed E-state index contributed by atoms with van der Waals surface area (Å²) in [5.41, 5.74) is 0.0815. The minimum atomic E-state index is -0.268. The molecule has 86 valence electrons. The zero-order valence-corrected chi connectivity index (χ0v) is 10.5. The number of ether oxygens (including phenoxy) is 1. The summed E-state index contributed by atoms with van der Waals surface area (Å²) in [5.74, 6) is 1.72. The van der Waals surface area contributed by atoms with Crippen molar-refractivity contribution in [3.63, 3.8) is 0 Å². The molecule has 2 N–H and O–H groups in total. The Bertz CT molecular complexity index is 137. The van der Waals surface area contributed by atoms with E-state index in [1.807, 2.05) is 0 Å². The van der Waals surface area contributed by atoms with E-state index in [-0.39, 0.29) is 11.6 Å². The summed E-state index contributed by atoms with van der Waals surface area (Å²) in [6, 6.07) is 0. The number of methoxy groups -OCH3 is 1. The first-order valence-electron chi connectivity index (χ1n) is 4.95. The Morgan fingerprint density at radius 2 is 2.07 bits per heavy atom. The third kappa shape index (κ3) is 10.3. The fraction of sp³-hybridized carbons (Fsp3) is 1.00. The quantitative estimate of drug-likeness (QED) is 0.632. The zero-order valence-electron chi connectivity index (χ0n) is 9.67. The molecule has 0 heterocycles. The first kappa shape index (κ1) is 14.2. The van der Waals surface area contributed by atoms with Gasteiger partial charge in [0.15, 0.2) is 0 Å². The number of nitrogens with one attached hydrogen (secondary N) is 1. The van der Waals surface area contributed by atoms with Crippen LogP contribution in [0.5, 0.6) is 0 Å². The molecular formula is C10H23NO2S. The lowest BCUT2D eigenvalue weighted by Crippen LogP contribution is -2.41. The Hall–Kier alpha value is 0.230. The van der Waals surface area contributed by atoms with Gasteiger partial charge in [-0.1, -0.05) is 0 Å². The van der Waals surface area contributed by atoms with Crippen LogP contribution in [0.15, 0.2) is 0 Å². The van der Waals surface area contributed by atoms with Crippen molar-refractivity contribution in [3.8, 4) is 0 Å². The molecule has 0 rings (SSSR count). The summed E-state index contributed by atoms with van der Waals surface area (Å²) in [7, 11) is 1.69. The van der Waals surface area contributed by atoms with Gasteiger partial charge in [-0.15, -0.1) is 0 Å². The molecule has 14 heavy (non-hydrogen) atoms. The summed E-state index contributed by atoms with van der Waals surface area (Å²) >= 11 is 1.72. The van der Waals surface area contributed by atoms with Crippen molar-refractivity contribution in [1.29, 1.82) is 0 Å². The maximum Gasteiger partial charge on any atom is 0.0755 e. The van der Waals surface area contributed by atoms with Gasteiger partial charge >= 0.3 is 0 Å². The molecule has 0 fully saturated rings. The Balaban J connectivity index is 3.32. The fourth-order valence-corrected chi connectivity index (χ4v) is 1.69. The standard InChI is InChI=1S/C10H23NO2S/c1-10(2,3)11-7-9(12)8-14-6-5-13-4/h9,11-12H,5-8H2,1-4H3. The lowest BCUT2D eigenvalue weighted by molar-refractivity contribution is 0.183. The fourth-order valence-electron chi connectivity index (χ4n) is 0.845. The van der Waals surface area contributed by atoms with Crippen LogP contribution < -0.4 is 5.32 Å². The summed E-state index contributed by atoms with van der Waals surface area (Å²) in [6.45, 7) is 7.70. The Labute approximate surface area is 91.6 Å². The van der Waals surface area contributed by atoms with Crippen molar-refractivity contribution in [2.75, 3.05) is 31.8 Å². The van der Waals surface area contributed by atoms with Crippen molar-refractivity contribution < 1.29 is 9.84 Å². The molecule has 0 aromatic carbocycles. The second-order valence-electron chi connectivity index (χ2n) is 4.35. The molecule has 0 radical (unpaired) electrons. The minimum absolute atomic E-state index is 0.0815. The first-order valence-corrected chi connectivity index (χ1v) is 6.11. The molecule has 0 aromatic rings. The molecule has 1 atom stereocenters. The van der Waals surface area contributed by atoms with Gasteiger partial charge in [-0.2, -0.15) is 11.8 Å². The predicted octanol–water partition coefficient (Wildman–Crippen LogP) is 1.11. The number of aliphatic hydroxyl groups excluding tert-OH is 1. The molecule has 4 heteroatoms. The Morgan fingerprint density at radius 1 is 1.43 bits per heavy atom. The van der Waals surface area contributed by atoms with E-state index in [0.29, 0.717) is 6.54 Å². The highest BCUT2D eigenvalue weighted by Gasteiger charge is 2.11. The van der Waals surface area contributed by atoms with Crippen molar-refractivity contribution in [2.24, 2.45) is 0 Å². The Kier molecular flexibility index (Phi) is 7.64. The molecule has 0 bridgehead atoms. The Morgan fingerprint density at radius 3 is 2.57 bits per heavy atom. The van der Waals surface area contributed by atoms with Crippen molar-refractivity contribution in [3.05, 3.63) is 0 Å². The van der Waals surface area contributed by atoms with Gasteiger partial charge in [-0.25, -0.2) is 0 Å². The van der Waals surface area contributed by atoms with Crippen molar-refractivity contribution in [1.82, 2.24) is 5.32 Å². The van der Waals surface area contributed by atoms with Gasteiger partial charge in [-0.3, -0.25) is 0 Å². The van der Waals surface area contributed by atoms with Crippen LogP contribution in [0, 0.1) is 0 Å². The molecule has 0 aliphatic rings. The molecule has 1 unspecified atom stereocenters. The number of aliphatic hydroxyl groups is 1. The highest BCUT2D eigenvalue weighted by molar-refractivity contribution is 7.99. The van der Waals surface area contributed by atoms with E-state index >= 15 is 0 Å². The van der Waals surface area contributed by atoms with Gasteiger partial charge in [0, 0.05) is 30.7 Å². The largest absolute Gasteiger partial charge is 0.391 e. The molecule has 0 aliphatic carbocycles. The van der Waals surface area contributed by atoms with E-state index in [0.717, 1.165) is 18.1 Å². The van der Waals surface area contributed by atoms with E-state index in [1.165, 1.54) is 0 Å². The number of hydrogen-bond acceptors (Lipinski definition) is 4. The van der Waals surface area contributed by atoms with E-state index in [2.05, 4.69) is 26.1 Å². The van der Waals surface area contributed by atoms with E-state index in [4.69, 9.17) is 4.74 Å². The lowest BCUT2D eigenvalue weighted by Gasteiger charge is -2.22. The van der Waals surface area contributed by atoms with Crippen LogP contribution in [0.2, 0.25) is 0 Å². The van der Waals surface area contributed by atoms with Crippen LogP contribution in [0.25, 0.3) is 0 Å². The molecular weight excluding hydrogens is 198 g/mol. The monoisotopic (exact) mass is 221 g/mol. The molecule has 3 nitrogen and oxygen atoms in total. The highest BCUT2D eigenvalue weighted by atomic mass is 32.2. The van der Waals surface area contributed by atoms with Crippen LogP contribution in [-0.4, -0.2) is 48.5 Å². The molecule has 0 amide bonds. The van der Waals surface area contributed by atoms with Crippen molar-refractivity contribution in [2.45, 2.75) is 32.4 Å². The van der Waals surface area contributed by atoms with Crippen LogP contribution in [0.3, 0.4) is 0 Å². The normalized spacial score (nSPS) is 14.4. The van der Waals surface area contributed by atoms with Gasteiger partial charge in [0.05, 0.1) is 12.7 Å². The second kappa shape index (κ2) is 7.51. The van der Waals surface area contributed by atoms with Gasteiger partial charge in [0.25, 0.3) is 0 Å². The van der Waals surface area contributed by atoms with E-state index in [1.54, 1.807) is 18.9 Å². The number of rotatable bonds is 7. The zero-order chi connectivity index (χ0) is 11.0. The predicted molar refractivity (Wildman–Crippen MR) is 63.0 cm³/mol. The molecule has 0 aromatic heterocycles. The lowest BCUT2D eigenvalue weighted by atomic mass is 10.1. The molecule has 0 saturated heterocycles. The highest BCUT2D eigenvalue weighted by Crippen LogP contribution is 2.04. The van der Waals surface area contributed by atoms with Crippen LogP contribution in [-0.2, 0) is 4.74 Å². The average Bonchev–Trinajstić information content (AvgIpc) is 2.08. The van der Waals surface area contributed by atoms with Gasteiger partial charge in [-0.05, 0) is 20.8 Å². The molecule has 0 saturated carbocycles. The van der Waals surface area contributed by atoms with E-state index < -0.39 is 0 Å². The minimum Gasteiger partial charge on any atom is -0.391 e. The maximum absolute atomic E-state index is 9.59. The summed E-state index contributed by atoms with van der Waals surface area (Å²) in [4.78, 5) is 0. The van der Waals surface area contributed by atoms with Crippen LogP contribution in [0.4, 0.5) is 0 Å². The van der Waals surface area contributed by atoms with Gasteiger partial charge < -0.3 is 15.2 Å². The van der Waals surface area contributed by atoms with Gasteiger partial charge in [0.1, 0.15) is 0 Å². The second-order valence-corrected chi connectivity index (χ2v) is 5.50. The number of thioether (sulfide) groups is 1. The molecule has 0 aliphatic heterocycles. The SMILES string of the molecule is COCCSCC(O)CNC(C)(C)C. The number of β-amino-alcohol motifs (C(OH)–C–C–N with tert-alkyl or cyclic N) is 1. The first-order chi connectivity index (χ1) is 6.45. The van der Waals surface area contributed by atoms with Gasteiger partial charge in [0.2, 0.25) is 0 Å². The summed E-state index contributed by atoms with van der Waals surface area (Å²) in [5, 5.41) is 12.9. The average molecular weight is 221 g/mol. The summed E-state index contributed by atoms with van der Waals surface area (Å²) < 4.78 is 4.92. The number of hydrogen-bond donors (Lipinski definition) is 2. The smallest absolute Gasteiger partial charge is 0.0755 e. The third-order valence-corrected chi connectivity index (χ3v) is 2.69.